The van der Waals surface area contributed by atoms with Crippen LogP contribution in [0.15, 0.2) is 119 Å². The number of anilines is 2. The van der Waals surface area contributed by atoms with Crippen LogP contribution in [-0.2, 0) is 19.6 Å². The number of non-ortho nitro benzene ring substituents is 1. The normalized spacial score (nSPS) is 12.1. The predicted octanol–water partition coefficient (Wildman–Crippen LogP) is 4.77. The zero-order chi connectivity index (χ0) is 32.6. The molecule has 0 aliphatic rings. The van der Waals surface area contributed by atoms with Crippen LogP contribution in [0.5, 0.6) is 0 Å². The standard InChI is InChI=1S/C31H27N5O7S2/c1-20(29(37)33-23-12-16-27(17-13-23)45(32,42)43)44-26-9-5-8-24(19-26)34-31(39)28(35-30(38)22-6-3-2-4-7-22)18-21-10-14-25(15-11-21)36(40)41/h2-20H,1H3,(H,33,37)(H,34,39)(H,35,38)(H2,32,42,43)/b28-18+. The van der Waals surface area contributed by atoms with Crippen molar-refractivity contribution in [2.75, 3.05) is 10.6 Å². The molecular formula is C31H27N5O7S2. The number of nitro groups is 1. The van der Waals surface area contributed by atoms with E-state index in [1.807, 2.05) is 0 Å². The van der Waals surface area contributed by atoms with Crippen molar-refractivity contribution in [3.63, 3.8) is 0 Å². The highest BCUT2D eigenvalue weighted by Gasteiger charge is 2.18. The molecule has 0 saturated carbocycles. The number of carbonyl (C=O) groups is 3. The molecule has 4 aromatic carbocycles. The van der Waals surface area contributed by atoms with E-state index in [0.717, 1.165) is 0 Å². The molecule has 0 aromatic heterocycles. The van der Waals surface area contributed by atoms with Crippen molar-refractivity contribution in [2.24, 2.45) is 5.14 Å². The average molecular weight is 646 g/mol. The molecule has 0 saturated heterocycles. The minimum Gasteiger partial charge on any atom is -0.325 e. The highest BCUT2D eigenvalue weighted by Crippen LogP contribution is 2.27. The van der Waals surface area contributed by atoms with E-state index in [-0.39, 0.29) is 22.2 Å². The zero-order valence-electron chi connectivity index (χ0n) is 23.7. The van der Waals surface area contributed by atoms with Crippen LogP contribution in [0.2, 0.25) is 0 Å². The number of hydrogen-bond donors (Lipinski definition) is 4. The second-order valence-corrected chi connectivity index (χ2v) is 12.5. The first-order valence-electron chi connectivity index (χ1n) is 13.2. The van der Waals surface area contributed by atoms with E-state index >= 15 is 0 Å². The van der Waals surface area contributed by atoms with Crippen molar-refractivity contribution in [2.45, 2.75) is 22.0 Å². The van der Waals surface area contributed by atoms with Crippen molar-refractivity contribution < 1.29 is 27.7 Å². The number of nitrogens with two attached hydrogens (primary N) is 1. The Kier molecular flexibility index (Phi) is 10.5. The van der Waals surface area contributed by atoms with Crippen LogP contribution in [-0.4, -0.2) is 36.3 Å². The van der Waals surface area contributed by atoms with Gasteiger partial charge in [-0.2, -0.15) is 0 Å². The Balaban J connectivity index is 1.47. The number of primary sulfonamides is 1. The summed E-state index contributed by atoms with van der Waals surface area (Å²) in [5.74, 6) is -1.51. The Morgan fingerprint density at radius 1 is 0.867 bits per heavy atom. The molecule has 1 unspecified atom stereocenters. The number of rotatable bonds is 11. The van der Waals surface area contributed by atoms with Gasteiger partial charge in [0, 0.05) is 34.0 Å². The van der Waals surface area contributed by atoms with Gasteiger partial charge in [-0.1, -0.05) is 24.3 Å². The Hall–Kier alpha value is -5.31. The summed E-state index contributed by atoms with van der Waals surface area (Å²) < 4.78 is 22.9. The average Bonchev–Trinajstić information content (AvgIpc) is 3.01. The number of sulfonamides is 1. The van der Waals surface area contributed by atoms with Gasteiger partial charge >= 0.3 is 0 Å². The van der Waals surface area contributed by atoms with Gasteiger partial charge in [-0.25, -0.2) is 13.6 Å². The maximum atomic E-state index is 13.4. The topological polar surface area (TPSA) is 191 Å². The van der Waals surface area contributed by atoms with Crippen LogP contribution in [0.4, 0.5) is 17.1 Å². The maximum Gasteiger partial charge on any atom is 0.272 e. The monoisotopic (exact) mass is 645 g/mol. The fraction of sp³-hybridized carbons (Fsp3) is 0.0645. The molecule has 0 aliphatic carbocycles. The quantitative estimate of drug-likeness (QED) is 0.0776. The molecule has 4 aromatic rings. The minimum atomic E-state index is -3.86. The number of amides is 3. The summed E-state index contributed by atoms with van der Waals surface area (Å²) in [5.41, 5.74) is 1.33. The summed E-state index contributed by atoms with van der Waals surface area (Å²) in [6.07, 6.45) is 1.40. The predicted molar refractivity (Wildman–Crippen MR) is 172 cm³/mol. The summed E-state index contributed by atoms with van der Waals surface area (Å²) in [5, 5.41) is 23.6. The lowest BCUT2D eigenvalue weighted by Gasteiger charge is -2.14. The SMILES string of the molecule is CC(Sc1cccc(NC(=O)/C(=C\c2ccc([N+](=O)[O-])cc2)NC(=O)c2ccccc2)c1)C(=O)Nc1ccc(S(N)(=O)=O)cc1. The molecule has 0 heterocycles. The van der Waals surface area contributed by atoms with E-state index in [1.54, 1.807) is 61.5 Å². The van der Waals surface area contributed by atoms with Crippen LogP contribution in [0.1, 0.15) is 22.8 Å². The van der Waals surface area contributed by atoms with Gasteiger partial charge in [0.15, 0.2) is 0 Å². The Morgan fingerprint density at radius 2 is 1.53 bits per heavy atom. The van der Waals surface area contributed by atoms with Gasteiger partial charge in [-0.05, 0) is 85.3 Å². The van der Waals surface area contributed by atoms with Gasteiger partial charge in [-0.3, -0.25) is 24.5 Å². The maximum absolute atomic E-state index is 13.4. The van der Waals surface area contributed by atoms with Gasteiger partial charge < -0.3 is 16.0 Å². The molecule has 0 spiro atoms. The van der Waals surface area contributed by atoms with Crippen molar-refractivity contribution in [3.05, 3.63) is 130 Å². The fourth-order valence-corrected chi connectivity index (χ4v) is 5.32. The van der Waals surface area contributed by atoms with Crippen molar-refractivity contribution >= 4 is 62.6 Å². The summed E-state index contributed by atoms with van der Waals surface area (Å²) >= 11 is 1.22. The molecule has 5 N–H and O–H groups in total. The molecule has 0 fully saturated rings. The van der Waals surface area contributed by atoms with E-state index in [9.17, 15) is 32.9 Å². The molecule has 230 valence electrons. The molecule has 3 amide bonds. The number of carbonyl (C=O) groups excluding carboxylic acids is 3. The zero-order valence-corrected chi connectivity index (χ0v) is 25.3. The molecular weight excluding hydrogens is 619 g/mol. The summed E-state index contributed by atoms with van der Waals surface area (Å²) in [4.78, 5) is 50.1. The Morgan fingerprint density at radius 3 is 2.16 bits per heavy atom. The van der Waals surface area contributed by atoms with Gasteiger partial charge in [0.1, 0.15) is 5.70 Å². The molecule has 14 heteroatoms. The number of nitro benzene ring substituents is 1. The number of thioether (sulfide) groups is 1. The third-order valence-electron chi connectivity index (χ3n) is 6.17. The van der Waals surface area contributed by atoms with Crippen LogP contribution < -0.4 is 21.1 Å². The Bertz CT molecular complexity index is 1860. The van der Waals surface area contributed by atoms with E-state index in [1.165, 1.54) is 66.4 Å². The van der Waals surface area contributed by atoms with Crippen molar-refractivity contribution in [1.82, 2.24) is 5.32 Å². The second-order valence-electron chi connectivity index (χ2n) is 9.53. The number of hydrogen-bond acceptors (Lipinski definition) is 8. The number of nitrogens with one attached hydrogen (secondary N) is 3. The largest absolute Gasteiger partial charge is 0.325 e. The highest BCUT2D eigenvalue weighted by molar-refractivity contribution is 8.00. The van der Waals surface area contributed by atoms with Gasteiger partial charge in [0.25, 0.3) is 17.5 Å². The van der Waals surface area contributed by atoms with Crippen molar-refractivity contribution in [1.29, 1.82) is 0 Å². The second kappa shape index (κ2) is 14.4. The summed E-state index contributed by atoms with van der Waals surface area (Å²) in [7, 11) is -3.86. The smallest absolute Gasteiger partial charge is 0.272 e. The van der Waals surface area contributed by atoms with Gasteiger partial charge in [0.05, 0.1) is 15.1 Å². The fourth-order valence-electron chi connectivity index (χ4n) is 3.88. The van der Waals surface area contributed by atoms with E-state index in [0.29, 0.717) is 27.4 Å². The van der Waals surface area contributed by atoms with Gasteiger partial charge in [0.2, 0.25) is 15.9 Å². The van der Waals surface area contributed by atoms with Crippen LogP contribution >= 0.6 is 11.8 Å². The lowest BCUT2D eigenvalue weighted by Crippen LogP contribution is -2.30. The first kappa shape index (κ1) is 32.6. The van der Waals surface area contributed by atoms with Crippen molar-refractivity contribution in [3.8, 4) is 0 Å². The van der Waals surface area contributed by atoms with Crippen LogP contribution in [0.3, 0.4) is 0 Å². The van der Waals surface area contributed by atoms with E-state index < -0.39 is 32.0 Å². The number of nitrogens with zero attached hydrogens (tertiary/aromatic N) is 1. The minimum absolute atomic E-state index is 0.0767. The first-order valence-corrected chi connectivity index (χ1v) is 15.7. The molecule has 0 radical (unpaired) electrons. The lowest BCUT2D eigenvalue weighted by molar-refractivity contribution is -0.384. The third kappa shape index (κ3) is 9.34. The Labute approximate surface area is 262 Å². The van der Waals surface area contributed by atoms with Crippen LogP contribution in [0.25, 0.3) is 6.08 Å². The third-order valence-corrected chi connectivity index (χ3v) is 8.19. The lowest BCUT2D eigenvalue weighted by atomic mass is 10.1. The molecule has 45 heavy (non-hydrogen) atoms. The highest BCUT2D eigenvalue weighted by atomic mass is 32.2. The first-order chi connectivity index (χ1) is 21.4. The molecule has 0 bridgehead atoms. The molecule has 0 aliphatic heterocycles. The number of benzene rings is 4. The molecule has 1 atom stereocenters. The van der Waals surface area contributed by atoms with E-state index in [4.69, 9.17) is 5.14 Å². The van der Waals surface area contributed by atoms with E-state index in [2.05, 4.69) is 16.0 Å². The van der Waals surface area contributed by atoms with Gasteiger partial charge in [-0.15, -0.1) is 11.8 Å². The van der Waals surface area contributed by atoms with Crippen LogP contribution in [0, 0.1) is 10.1 Å². The summed E-state index contributed by atoms with van der Waals surface area (Å²) in [6, 6.07) is 26.0. The molecule has 4 rings (SSSR count). The summed E-state index contributed by atoms with van der Waals surface area (Å²) in [6.45, 7) is 1.69. The molecule has 12 nitrogen and oxygen atoms in total.